The Hall–Kier alpha value is -1.51. The number of carbonyl (C=O) groups is 2. The standard InChI is InChI=1S/C12H16IN3O3/c1-6(2)10(16-12(18)19)11(17)15-9-5-7(13)3-4-8(9)14/h3-6,10,16H,14H2,1-2H3,(H,15,17)(H,18,19)/t10-/m0/s1. The molecule has 0 bridgehead atoms. The molecule has 0 spiro atoms. The number of amides is 2. The van der Waals surface area contributed by atoms with Crippen molar-refractivity contribution in [2.75, 3.05) is 11.1 Å². The molecule has 7 heteroatoms. The molecule has 6 nitrogen and oxygen atoms in total. The zero-order valence-corrected chi connectivity index (χ0v) is 12.8. The summed E-state index contributed by atoms with van der Waals surface area (Å²) in [6.45, 7) is 3.52. The van der Waals surface area contributed by atoms with Crippen molar-refractivity contribution >= 4 is 46.0 Å². The van der Waals surface area contributed by atoms with Crippen LogP contribution < -0.4 is 16.4 Å². The first kappa shape index (κ1) is 15.5. The minimum Gasteiger partial charge on any atom is -0.465 e. The Morgan fingerprint density at radius 2 is 2.00 bits per heavy atom. The molecule has 1 atom stereocenters. The molecule has 2 amide bonds. The third-order valence-electron chi connectivity index (χ3n) is 2.50. The lowest BCUT2D eigenvalue weighted by Crippen LogP contribution is -2.46. The minimum absolute atomic E-state index is 0.167. The van der Waals surface area contributed by atoms with Gasteiger partial charge in [-0.05, 0) is 46.7 Å². The minimum atomic E-state index is -1.23. The van der Waals surface area contributed by atoms with Gasteiger partial charge in [0.25, 0.3) is 0 Å². The highest BCUT2D eigenvalue weighted by molar-refractivity contribution is 14.1. The van der Waals surface area contributed by atoms with Crippen molar-refractivity contribution in [3.63, 3.8) is 0 Å². The lowest BCUT2D eigenvalue weighted by molar-refractivity contribution is -0.118. The number of carboxylic acid groups (broad SMARTS) is 1. The van der Waals surface area contributed by atoms with Gasteiger partial charge >= 0.3 is 6.09 Å². The molecule has 19 heavy (non-hydrogen) atoms. The average molecular weight is 377 g/mol. The molecule has 1 aromatic rings. The lowest BCUT2D eigenvalue weighted by Gasteiger charge is -2.20. The summed E-state index contributed by atoms with van der Waals surface area (Å²) in [5, 5.41) is 13.6. The van der Waals surface area contributed by atoms with Gasteiger partial charge in [0.05, 0.1) is 11.4 Å². The highest BCUT2D eigenvalue weighted by Crippen LogP contribution is 2.21. The second kappa shape index (κ2) is 6.60. The third-order valence-corrected chi connectivity index (χ3v) is 3.17. The molecule has 104 valence electrons. The van der Waals surface area contributed by atoms with Gasteiger partial charge < -0.3 is 21.5 Å². The van der Waals surface area contributed by atoms with E-state index in [1.54, 1.807) is 26.0 Å². The zero-order valence-electron chi connectivity index (χ0n) is 10.6. The van der Waals surface area contributed by atoms with Crippen LogP contribution in [0.25, 0.3) is 0 Å². The first-order chi connectivity index (χ1) is 8.81. The van der Waals surface area contributed by atoms with Crippen LogP contribution in [0.4, 0.5) is 16.2 Å². The summed E-state index contributed by atoms with van der Waals surface area (Å²) in [5.41, 5.74) is 6.68. The van der Waals surface area contributed by atoms with Crippen molar-refractivity contribution in [1.29, 1.82) is 0 Å². The van der Waals surface area contributed by atoms with E-state index in [2.05, 4.69) is 33.2 Å². The topological polar surface area (TPSA) is 104 Å². The normalized spacial score (nSPS) is 12.0. The SMILES string of the molecule is CC(C)[C@H](NC(=O)O)C(=O)Nc1cc(I)ccc1N. The molecule has 0 heterocycles. The smallest absolute Gasteiger partial charge is 0.405 e. The summed E-state index contributed by atoms with van der Waals surface area (Å²) < 4.78 is 0.925. The number of hydrogen-bond donors (Lipinski definition) is 4. The Labute approximate surface area is 124 Å². The molecular formula is C12H16IN3O3. The molecule has 0 saturated heterocycles. The Morgan fingerprint density at radius 3 is 2.53 bits per heavy atom. The van der Waals surface area contributed by atoms with Crippen molar-refractivity contribution in [2.24, 2.45) is 5.92 Å². The van der Waals surface area contributed by atoms with Crippen molar-refractivity contribution in [2.45, 2.75) is 19.9 Å². The molecule has 0 aromatic heterocycles. The quantitative estimate of drug-likeness (QED) is 0.477. The Bertz CT molecular complexity index is 491. The Kier molecular flexibility index (Phi) is 5.40. The summed E-state index contributed by atoms with van der Waals surface area (Å²) in [5.74, 6) is -0.591. The van der Waals surface area contributed by atoms with E-state index in [-0.39, 0.29) is 5.92 Å². The molecule has 5 N–H and O–H groups in total. The Morgan fingerprint density at radius 1 is 1.37 bits per heavy atom. The van der Waals surface area contributed by atoms with Gasteiger partial charge in [0.1, 0.15) is 6.04 Å². The summed E-state index contributed by atoms with van der Waals surface area (Å²) in [7, 11) is 0. The highest BCUT2D eigenvalue weighted by atomic mass is 127. The molecule has 0 aliphatic heterocycles. The maximum Gasteiger partial charge on any atom is 0.405 e. The number of hydrogen-bond acceptors (Lipinski definition) is 3. The van der Waals surface area contributed by atoms with Gasteiger partial charge in [-0.3, -0.25) is 4.79 Å². The third kappa shape index (κ3) is 4.58. The first-order valence-electron chi connectivity index (χ1n) is 5.66. The number of nitrogens with one attached hydrogen (secondary N) is 2. The van der Waals surface area contributed by atoms with E-state index in [9.17, 15) is 9.59 Å². The maximum atomic E-state index is 12.1. The van der Waals surface area contributed by atoms with Crippen LogP contribution in [-0.4, -0.2) is 23.1 Å². The van der Waals surface area contributed by atoms with Crippen LogP contribution in [0.2, 0.25) is 0 Å². The fourth-order valence-corrected chi connectivity index (χ4v) is 2.01. The van der Waals surface area contributed by atoms with Crippen molar-refractivity contribution in [1.82, 2.24) is 5.32 Å². The molecule has 0 fully saturated rings. The number of rotatable bonds is 4. The maximum absolute atomic E-state index is 12.1. The van der Waals surface area contributed by atoms with Crippen molar-refractivity contribution in [3.05, 3.63) is 21.8 Å². The molecule has 0 radical (unpaired) electrons. The number of carbonyl (C=O) groups excluding carboxylic acids is 1. The van der Waals surface area contributed by atoms with Gasteiger partial charge in [0, 0.05) is 3.57 Å². The zero-order chi connectivity index (χ0) is 14.6. The lowest BCUT2D eigenvalue weighted by atomic mass is 10.0. The van der Waals surface area contributed by atoms with E-state index >= 15 is 0 Å². The molecule has 1 rings (SSSR count). The van der Waals surface area contributed by atoms with Gasteiger partial charge in [-0.2, -0.15) is 0 Å². The second-order valence-corrected chi connectivity index (χ2v) is 5.64. The van der Waals surface area contributed by atoms with Crippen LogP contribution in [0.5, 0.6) is 0 Å². The van der Waals surface area contributed by atoms with Gasteiger partial charge in [-0.15, -0.1) is 0 Å². The number of anilines is 2. The fraction of sp³-hybridized carbons (Fsp3) is 0.333. The summed E-state index contributed by atoms with van der Waals surface area (Å²) in [4.78, 5) is 22.7. The number of nitrogen functional groups attached to an aromatic ring is 1. The van der Waals surface area contributed by atoms with Gasteiger partial charge in [-0.25, -0.2) is 4.79 Å². The van der Waals surface area contributed by atoms with E-state index in [0.29, 0.717) is 11.4 Å². The monoisotopic (exact) mass is 377 g/mol. The van der Waals surface area contributed by atoms with E-state index in [1.807, 2.05) is 6.07 Å². The van der Waals surface area contributed by atoms with E-state index in [1.165, 1.54) is 0 Å². The molecule has 0 aliphatic rings. The first-order valence-corrected chi connectivity index (χ1v) is 6.74. The largest absolute Gasteiger partial charge is 0.465 e. The molecule has 0 aliphatic carbocycles. The number of nitrogens with two attached hydrogens (primary N) is 1. The van der Waals surface area contributed by atoms with Crippen LogP contribution in [0, 0.1) is 9.49 Å². The molecular weight excluding hydrogens is 361 g/mol. The van der Waals surface area contributed by atoms with Crippen LogP contribution in [0.3, 0.4) is 0 Å². The summed E-state index contributed by atoms with van der Waals surface area (Å²) in [6, 6.07) is 4.41. The van der Waals surface area contributed by atoms with Gasteiger partial charge in [-0.1, -0.05) is 13.8 Å². The molecule has 0 unspecified atom stereocenters. The number of benzene rings is 1. The van der Waals surface area contributed by atoms with Crippen LogP contribution in [0.1, 0.15) is 13.8 Å². The van der Waals surface area contributed by atoms with Crippen molar-refractivity contribution in [3.8, 4) is 0 Å². The Balaban J connectivity index is 2.87. The van der Waals surface area contributed by atoms with Crippen LogP contribution in [0.15, 0.2) is 18.2 Å². The molecule has 1 aromatic carbocycles. The predicted molar refractivity (Wildman–Crippen MR) is 82.0 cm³/mol. The fourth-order valence-electron chi connectivity index (χ4n) is 1.52. The average Bonchev–Trinajstić information content (AvgIpc) is 2.30. The predicted octanol–water partition coefficient (Wildman–Crippen LogP) is 2.10. The second-order valence-electron chi connectivity index (χ2n) is 4.39. The van der Waals surface area contributed by atoms with Crippen LogP contribution in [-0.2, 0) is 4.79 Å². The van der Waals surface area contributed by atoms with E-state index in [0.717, 1.165) is 3.57 Å². The summed E-state index contributed by atoms with van der Waals surface area (Å²) in [6.07, 6.45) is -1.23. The number of halogens is 1. The van der Waals surface area contributed by atoms with E-state index < -0.39 is 18.0 Å². The highest BCUT2D eigenvalue weighted by Gasteiger charge is 2.24. The van der Waals surface area contributed by atoms with E-state index in [4.69, 9.17) is 10.8 Å². The van der Waals surface area contributed by atoms with Gasteiger partial charge in [0.2, 0.25) is 5.91 Å². The van der Waals surface area contributed by atoms with Gasteiger partial charge in [0.15, 0.2) is 0 Å². The van der Waals surface area contributed by atoms with Crippen molar-refractivity contribution < 1.29 is 14.7 Å². The van der Waals surface area contributed by atoms with Crippen LogP contribution >= 0.6 is 22.6 Å². The summed E-state index contributed by atoms with van der Waals surface area (Å²) >= 11 is 2.10. The molecule has 0 saturated carbocycles.